The lowest BCUT2D eigenvalue weighted by molar-refractivity contribution is -0.160. The van der Waals surface area contributed by atoms with Crippen LogP contribution in [-0.4, -0.2) is 31.4 Å². The summed E-state index contributed by atoms with van der Waals surface area (Å²) in [6.45, 7) is 9.19. The molecule has 1 aliphatic heterocycles. The summed E-state index contributed by atoms with van der Waals surface area (Å²) in [5, 5.41) is 10.3. The van der Waals surface area contributed by atoms with Crippen LogP contribution < -0.4 is 4.31 Å². The molecule has 208 valence electrons. The van der Waals surface area contributed by atoms with E-state index in [1.807, 2.05) is 0 Å². The lowest BCUT2D eigenvalue weighted by Crippen LogP contribution is -2.35. The first-order chi connectivity index (χ1) is 17.9. The van der Waals surface area contributed by atoms with Crippen LogP contribution in [0.1, 0.15) is 54.7 Å². The Bertz CT molecular complexity index is 1630. The summed E-state index contributed by atoms with van der Waals surface area (Å²) in [4.78, 5) is 12.6. The van der Waals surface area contributed by atoms with Crippen LogP contribution in [0.4, 0.5) is 18.9 Å². The lowest BCUT2D eigenvalue weighted by atomic mass is 9.79. The number of carboxylic acids is 1. The van der Waals surface area contributed by atoms with Crippen molar-refractivity contribution < 1.29 is 36.2 Å². The van der Waals surface area contributed by atoms with Gasteiger partial charge in [0.25, 0.3) is 0 Å². The predicted molar refractivity (Wildman–Crippen MR) is 144 cm³/mol. The molecule has 3 aromatic rings. The van der Waals surface area contributed by atoms with Gasteiger partial charge in [-0.05, 0) is 82.0 Å². The Labute approximate surface area is 226 Å². The minimum absolute atomic E-state index is 0.00188. The summed E-state index contributed by atoms with van der Waals surface area (Å²) < 4.78 is 78.9. The van der Waals surface area contributed by atoms with Gasteiger partial charge in [-0.2, -0.15) is 0 Å². The molecule has 0 aliphatic carbocycles. The number of aliphatic carboxylic acids is 1. The van der Waals surface area contributed by atoms with Gasteiger partial charge in [0.15, 0.2) is 6.10 Å². The maximum Gasteiger partial charge on any atom is 0.337 e. The molecule has 4 rings (SSSR count). The van der Waals surface area contributed by atoms with Gasteiger partial charge in [0.1, 0.15) is 17.5 Å². The zero-order chi connectivity index (χ0) is 29.2. The molecular weight excluding hydrogens is 531 g/mol. The maximum absolute atomic E-state index is 15.5. The largest absolute Gasteiger partial charge is 0.479 e. The van der Waals surface area contributed by atoms with Gasteiger partial charge in [-0.1, -0.05) is 12.1 Å². The number of hydrogen-bond donors (Lipinski definition) is 1. The number of aryl methyl sites for hydroxylation is 1. The van der Waals surface area contributed by atoms with E-state index in [-0.39, 0.29) is 50.2 Å². The Morgan fingerprint density at radius 3 is 2.10 bits per heavy atom. The van der Waals surface area contributed by atoms with Crippen molar-refractivity contribution in [3.8, 4) is 22.3 Å². The standard InChI is InChI=1S/C29H30F3NO5S/c1-14-8-9-17(21(32)12-14)22-15(2)23-25-18(19(30)10-11-20(25)31)13-33(39(7,36)37)26(23)16(3)24(22)27(28(34)35)38-29(4,5)6/h8-12,27H,13H2,1-7H3,(H,34,35)/t27-/m0/s1. The van der Waals surface area contributed by atoms with Crippen LogP contribution in [0.2, 0.25) is 0 Å². The summed E-state index contributed by atoms with van der Waals surface area (Å²) in [7, 11) is -4.06. The summed E-state index contributed by atoms with van der Waals surface area (Å²) in [5.41, 5.74) is -0.0923. The Morgan fingerprint density at radius 2 is 1.56 bits per heavy atom. The molecule has 10 heteroatoms. The van der Waals surface area contributed by atoms with Gasteiger partial charge in [-0.25, -0.2) is 26.4 Å². The highest BCUT2D eigenvalue weighted by molar-refractivity contribution is 7.92. The number of nitrogens with zero attached hydrogens (tertiary/aromatic N) is 1. The fourth-order valence-electron chi connectivity index (χ4n) is 5.23. The Hall–Kier alpha value is -3.37. The van der Waals surface area contributed by atoms with Gasteiger partial charge in [-0.15, -0.1) is 0 Å². The number of anilines is 1. The van der Waals surface area contributed by atoms with Crippen molar-refractivity contribution in [2.75, 3.05) is 10.6 Å². The van der Waals surface area contributed by atoms with E-state index in [9.17, 15) is 18.3 Å². The third kappa shape index (κ3) is 5.03. The van der Waals surface area contributed by atoms with E-state index < -0.39 is 51.7 Å². The van der Waals surface area contributed by atoms with Gasteiger partial charge in [0.05, 0.1) is 24.1 Å². The number of carbonyl (C=O) groups is 1. The summed E-state index contributed by atoms with van der Waals surface area (Å²) in [6.07, 6.45) is -0.703. The van der Waals surface area contributed by atoms with E-state index in [1.165, 1.54) is 26.0 Å². The molecule has 1 atom stereocenters. The van der Waals surface area contributed by atoms with Gasteiger partial charge >= 0.3 is 5.97 Å². The summed E-state index contributed by atoms with van der Waals surface area (Å²) >= 11 is 0. The first kappa shape index (κ1) is 28.6. The van der Waals surface area contributed by atoms with Crippen LogP contribution in [0, 0.1) is 38.2 Å². The quantitative estimate of drug-likeness (QED) is 0.380. The molecule has 0 aromatic heterocycles. The fourth-order valence-corrected chi connectivity index (χ4v) is 6.16. The van der Waals surface area contributed by atoms with Gasteiger partial charge < -0.3 is 9.84 Å². The number of hydrogen-bond acceptors (Lipinski definition) is 4. The van der Waals surface area contributed by atoms with Crippen molar-refractivity contribution in [2.24, 2.45) is 0 Å². The molecule has 0 saturated carbocycles. The van der Waals surface area contributed by atoms with E-state index in [1.54, 1.807) is 33.8 Å². The number of ether oxygens (including phenoxy) is 1. The van der Waals surface area contributed by atoms with Gasteiger partial charge in [-0.3, -0.25) is 4.31 Å². The Kier molecular flexibility index (Phi) is 7.10. The smallest absolute Gasteiger partial charge is 0.337 e. The van der Waals surface area contributed by atoms with Crippen LogP contribution in [0.3, 0.4) is 0 Å². The highest BCUT2D eigenvalue weighted by Crippen LogP contribution is 2.52. The van der Waals surface area contributed by atoms with Crippen molar-refractivity contribution in [3.05, 3.63) is 75.6 Å². The Balaban J connectivity index is 2.29. The van der Waals surface area contributed by atoms with Crippen LogP contribution in [0.25, 0.3) is 22.3 Å². The highest BCUT2D eigenvalue weighted by atomic mass is 32.2. The molecule has 0 amide bonds. The molecule has 1 heterocycles. The van der Waals surface area contributed by atoms with Crippen molar-refractivity contribution in [1.82, 2.24) is 0 Å². The van der Waals surface area contributed by atoms with E-state index >= 15 is 13.2 Å². The van der Waals surface area contributed by atoms with Crippen LogP contribution in [-0.2, 0) is 26.1 Å². The highest BCUT2D eigenvalue weighted by Gasteiger charge is 2.40. The zero-order valence-corrected chi connectivity index (χ0v) is 23.6. The van der Waals surface area contributed by atoms with Crippen LogP contribution >= 0.6 is 0 Å². The number of halogens is 3. The van der Waals surface area contributed by atoms with Gasteiger partial charge in [0, 0.05) is 27.8 Å². The topological polar surface area (TPSA) is 83.9 Å². The minimum atomic E-state index is -4.06. The van der Waals surface area contributed by atoms with Crippen molar-refractivity contribution in [1.29, 1.82) is 0 Å². The number of sulfonamides is 1. The Morgan fingerprint density at radius 1 is 0.949 bits per heavy atom. The second-order valence-electron chi connectivity index (χ2n) is 10.8. The molecule has 0 spiro atoms. The van der Waals surface area contributed by atoms with Crippen LogP contribution in [0.5, 0.6) is 0 Å². The molecule has 1 N–H and O–H groups in total. The van der Waals surface area contributed by atoms with E-state index in [0.29, 0.717) is 5.56 Å². The number of carboxylic acid groups (broad SMARTS) is 1. The number of rotatable bonds is 5. The molecule has 6 nitrogen and oxygen atoms in total. The summed E-state index contributed by atoms with van der Waals surface area (Å²) in [5.74, 6) is -3.61. The molecule has 3 aromatic carbocycles. The minimum Gasteiger partial charge on any atom is -0.479 e. The molecule has 39 heavy (non-hydrogen) atoms. The van der Waals surface area contributed by atoms with E-state index in [0.717, 1.165) is 22.7 Å². The number of benzene rings is 3. The SMILES string of the molecule is Cc1ccc(-c2c(C)c3c(c(C)c2[C@H](OC(C)(C)C)C(=O)O)N(S(C)(=O)=O)Cc2c(F)ccc(F)c2-3)c(F)c1. The van der Waals surface area contributed by atoms with Crippen molar-refractivity contribution >= 4 is 21.7 Å². The molecule has 0 bridgehead atoms. The average Bonchev–Trinajstić information content (AvgIpc) is 2.80. The zero-order valence-electron chi connectivity index (χ0n) is 22.7. The first-order valence-electron chi connectivity index (χ1n) is 12.2. The van der Waals surface area contributed by atoms with E-state index in [2.05, 4.69) is 0 Å². The molecular formula is C29H30F3NO5S. The molecule has 1 aliphatic rings. The monoisotopic (exact) mass is 561 g/mol. The maximum atomic E-state index is 15.5. The molecule has 0 unspecified atom stereocenters. The van der Waals surface area contributed by atoms with Crippen molar-refractivity contribution in [2.45, 2.75) is 59.8 Å². The van der Waals surface area contributed by atoms with Crippen LogP contribution in [0.15, 0.2) is 30.3 Å². The van der Waals surface area contributed by atoms with Crippen molar-refractivity contribution in [3.63, 3.8) is 0 Å². The predicted octanol–water partition coefficient (Wildman–Crippen LogP) is 6.58. The van der Waals surface area contributed by atoms with Gasteiger partial charge in [0.2, 0.25) is 10.0 Å². The first-order valence-corrected chi connectivity index (χ1v) is 14.1. The summed E-state index contributed by atoms with van der Waals surface area (Å²) in [6, 6.07) is 6.29. The normalized spacial score (nSPS) is 14.2. The third-order valence-electron chi connectivity index (χ3n) is 6.77. The second-order valence-corrected chi connectivity index (χ2v) is 12.8. The molecule has 0 saturated heterocycles. The third-order valence-corrected chi connectivity index (χ3v) is 7.89. The lowest BCUT2D eigenvalue weighted by Gasteiger charge is -2.37. The average molecular weight is 562 g/mol. The van der Waals surface area contributed by atoms with E-state index in [4.69, 9.17) is 4.74 Å². The molecule has 0 fully saturated rings. The number of fused-ring (bicyclic) bond motifs is 3. The second kappa shape index (κ2) is 9.67. The molecule has 0 radical (unpaired) electrons. The fraction of sp³-hybridized carbons (Fsp3) is 0.345.